The summed E-state index contributed by atoms with van der Waals surface area (Å²) >= 11 is 0. The number of nitrogens with two attached hydrogens (primary N) is 1. The van der Waals surface area contributed by atoms with E-state index < -0.39 is 11.9 Å². The normalized spacial score (nSPS) is 9.60. The highest BCUT2D eigenvalue weighted by Crippen LogP contribution is 2.06. The molecular weight excluding hydrogens is 200 g/mol. The average Bonchev–Trinajstić information content (AvgIpc) is 2.17. The first kappa shape index (κ1) is 10.9. The van der Waals surface area contributed by atoms with Gasteiger partial charge in [0.25, 0.3) is 5.91 Å². The number of amides is 1. The van der Waals surface area contributed by atoms with Crippen LogP contribution in [0.4, 0.5) is 5.82 Å². The molecule has 1 aromatic heterocycles. The number of carboxylic acids is 1. The number of hydrogen-bond acceptors (Lipinski definition) is 5. The SMILES string of the molecule is NC(=O)c1nccnc1NCCC(=O)O. The lowest BCUT2D eigenvalue weighted by Crippen LogP contribution is -2.18. The first-order chi connectivity index (χ1) is 7.11. The highest BCUT2D eigenvalue weighted by atomic mass is 16.4. The molecule has 0 saturated carbocycles. The van der Waals surface area contributed by atoms with E-state index in [4.69, 9.17) is 10.8 Å². The Morgan fingerprint density at radius 3 is 2.67 bits per heavy atom. The van der Waals surface area contributed by atoms with Crippen molar-refractivity contribution in [2.24, 2.45) is 5.73 Å². The van der Waals surface area contributed by atoms with Crippen molar-refractivity contribution in [2.75, 3.05) is 11.9 Å². The monoisotopic (exact) mass is 210 g/mol. The Bertz CT molecular complexity index is 380. The zero-order valence-electron chi connectivity index (χ0n) is 7.80. The van der Waals surface area contributed by atoms with E-state index in [0.717, 1.165) is 0 Å². The molecule has 0 saturated heterocycles. The molecule has 0 unspecified atom stereocenters. The Balaban J connectivity index is 2.67. The van der Waals surface area contributed by atoms with Crippen LogP contribution in [0.5, 0.6) is 0 Å². The Labute approximate surface area is 85.3 Å². The van der Waals surface area contributed by atoms with Gasteiger partial charge < -0.3 is 16.2 Å². The number of rotatable bonds is 5. The minimum Gasteiger partial charge on any atom is -0.481 e. The smallest absolute Gasteiger partial charge is 0.305 e. The summed E-state index contributed by atoms with van der Waals surface area (Å²) in [6, 6.07) is 0. The number of primary amides is 1. The molecule has 1 rings (SSSR count). The number of hydrogen-bond donors (Lipinski definition) is 3. The maximum atomic E-state index is 10.9. The molecule has 15 heavy (non-hydrogen) atoms. The second-order valence-electron chi connectivity index (χ2n) is 2.69. The Morgan fingerprint density at radius 1 is 1.40 bits per heavy atom. The van der Waals surface area contributed by atoms with Crippen molar-refractivity contribution in [2.45, 2.75) is 6.42 Å². The van der Waals surface area contributed by atoms with Crippen LogP contribution in [-0.2, 0) is 4.79 Å². The van der Waals surface area contributed by atoms with E-state index in [0.29, 0.717) is 0 Å². The van der Waals surface area contributed by atoms with Gasteiger partial charge in [0.1, 0.15) is 0 Å². The van der Waals surface area contributed by atoms with Gasteiger partial charge in [-0.15, -0.1) is 0 Å². The lowest BCUT2D eigenvalue weighted by Gasteiger charge is -2.05. The van der Waals surface area contributed by atoms with Crippen molar-refractivity contribution in [3.05, 3.63) is 18.1 Å². The third kappa shape index (κ3) is 3.22. The minimum atomic E-state index is -0.938. The predicted molar refractivity (Wildman–Crippen MR) is 51.3 cm³/mol. The van der Waals surface area contributed by atoms with E-state index in [2.05, 4.69) is 15.3 Å². The lowest BCUT2D eigenvalue weighted by molar-refractivity contribution is -0.136. The Morgan fingerprint density at radius 2 is 2.07 bits per heavy atom. The minimum absolute atomic E-state index is 0.00267. The van der Waals surface area contributed by atoms with Crippen molar-refractivity contribution in [3.63, 3.8) is 0 Å². The van der Waals surface area contributed by atoms with Crippen LogP contribution in [0.25, 0.3) is 0 Å². The van der Waals surface area contributed by atoms with Crippen LogP contribution in [0, 0.1) is 0 Å². The maximum absolute atomic E-state index is 10.9. The standard InChI is InChI=1S/C8H10N4O3/c9-7(15)6-8(12-4-3-10-6)11-2-1-5(13)14/h3-4H,1-2H2,(H2,9,15)(H,11,12)(H,13,14). The van der Waals surface area contributed by atoms with E-state index in [9.17, 15) is 9.59 Å². The molecular formula is C8H10N4O3. The molecule has 0 spiro atoms. The second-order valence-corrected chi connectivity index (χ2v) is 2.69. The molecule has 0 aliphatic rings. The van der Waals surface area contributed by atoms with Crippen molar-refractivity contribution in [1.29, 1.82) is 0 Å². The van der Waals surface area contributed by atoms with Crippen LogP contribution in [0.15, 0.2) is 12.4 Å². The quantitative estimate of drug-likeness (QED) is 0.600. The summed E-state index contributed by atoms with van der Waals surface area (Å²) in [6.07, 6.45) is 2.65. The highest BCUT2D eigenvalue weighted by molar-refractivity contribution is 5.95. The van der Waals surface area contributed by atoms with Gasteiger partial charge in [-0.2, -0.15) is 0 Å². The van der Waals surface area contributed by atoms with Gasteiger partial charge in [0.15, 0.2) is 11.5 Å². The Kier molecular flexibility index (Phi) is 3.55. The van der Waals surface area contributed by atoms with E-state index in [1.807, 2.05) is 0 Å². The van der Waals surface area contributed by atoms with Gasteiger partial charge in [-0.3, -0.25) is 9.59 Å². The molecule has 0 fully saturated rings. The summed E-state index contributed by atoms with van der Waals surface area (Å²) in [6.45, 7) is 0.161. The van der Waals surface area contributed by atoms with Gasteiger partial charge in [-0.25, -0.2) is 9.97 Å². The van der Waals surface area contributed by atoms with Crippen molar-refractivity contribution in [3.8, 4) is 0 Å². The van der Waals surface area contributed by atoms with Crippen LogP contribution in [0.1, 0.15) is 16.9 Å². The summed E-state index contributed by atoms with van der Waals surface area (Å²) < 4.78 is 0. The molecule has 7 nitrogen and oxygen atoms in total. The van der Waals surface area contributed by atoms with Gasteiger partial charge in [-0.05, 0) is 0 Å². The number of carbonyl (C=O) groups excluding carboxylic acids is 1. The van der Waals surface area contributed by atoms with E-state index in [1.54, 1.807) is 0 Å². The van der Waals surface area contributed by atoms with Gasteiger partial charge >= 0.3 is 5.97 Å². The van der Waals surface area contributed by atoms with E-state index in [1.165, 1.54) is 12.4 Å². The molecule has 0 atom stereocenters. The topological polar surface area (TPSA) is 118 Å². The average molecular weight is 210 g/mol. The predicted octanol–water partition coefficient (Wildman–Crippen LogP) is -0.538. The highest BCUT2D eigenvalue weighted by Gasteiger charge is 2.10. The fourth-order valence-corrected chi connectivity index (χ4v) is 0.936. The second kappa shape index (κ2) is 4.89. The first-order valence-corrected chi connectivity index (χ1v) is 4.17. The van der Waals surface area contributed by atoms with Crippen LogP contribution < -0.4 is 11.1 Å². The molecule has 80 valence electrons. The van der Waals surface area contributed by atoms with Crippen LogP contribution in [0.2, 0.25) is 0 Å². The number of aromatic nitrogens is 2. The molecule has 1 aromatic rings. The van der Waals surface area contributed by atoms with Crippen molar-refractivity contribution >= 4 is 17.7 Å². The third-order valence-corrected chi connectivity index (χ3v) is 1.56. The largest absolute Gasteiger partial charge is 0.481 e. The maximum Gasteiger partial charge on any atom is 0.305 e. The zero-order valence-corrected chi connectivity index (χ0v) is 7.80. The number of carboxylic acid groups (broad SMARTS) is 1. The van der Waals surface area contributed by atoms with E-state index in [-0.39, 0.29) is 24.5 Å². The van der Waals surface area contributed by atoms with Gasteiger partial charge in [-0.1, -0.05) is 0 Å². The molecule has 1 amide bonds. The molecule has 0 radical (unpaired) electrons. The van der Waals surface area contributed by atoms with Gasteiger partial charge in [0.2, 0.25) is 0 Å². The van der Waals surface area contributed by atoms with Crippen molar-refractivity contribution < 1.29 is 14.7 Å². The van der Waals surface area contributed by atoms with Crippen LogP contribution >= 0.6 is 0 Å². The molecule has 0 bridgehead atoms. The molecule has 7 heteroatoms. The fraction of sp³-hybridized carbons (Fsp3) is 0.250. The summed E-state index contributed by atoms with van der Waals surface area (Å²) in [5, 5.41) is 11.1. The van der Waals surface area contributed by atoms with Crippen molar-refractivity contribution in [1.82, 2.24) is 9.97 Å². The van der Waals surface area contributed by atoms with Gasteiger partial charge in [0.05, 0.1) is 6.42 Å². The Hall–Kier alpha value is -2.18. The fourth-order valence-electron chi connectivity index (χ4n) is 0.936. The van der Waals surface area contributed by atoms with E-state index >= 15 is 0 Å². The van der Waals surface area contributed by atoms with Gasteiger partial charge in [0, 0.05) is 18.9 Å². The number of nitrogens with one attached hydrogen (secondary N) is 1. The summed E-state index contributed by atoms with van der Waals surface area (Å²) in [5.74, 6) is -1.45. The molecule has 1 heterocycles. The molecule has 0 aliphatic heterocycles. The zero-order chi connectivity index (χ0) is 11.3. The lowest BCUT2D eigenvalue weighted by atomic mass is 10.3. The summed E-state index contributed by atoms with van der Waals surface area (Å²) in [5.41, 5.74) is 5.05. The number of anilines is 1. The summed E-state index contributed by atoms with van der Waals surface area (Å²) in [4.78, 5) is 28.7. The molecule has 0 aliphatic carbocycles. The number of aliphatic carboxylic acids is 1. The first-order valence-electron chi connectivity index (χ1n) is 4.17. The molecule has 0 aromatic carbocycles. The number of nitrogens with zero attached hydrogens (tertiary/aromatic N) is 2. The van der Waals surface area contributed by atoms with Crippen LogP contribution in [-0.4, -0.2) is 33.5 Å². The number of carbonyl (C=O) groups is 2. The molecule has 4 N–H and O–H groups in total. The third-order valence-electron chi connectivity index (χ3n) is 1.56. The van der Waals surface area contributed by atoms with Crippen LogP contribution in [0.3, 0.4) is 0 Å². The summed E-state index contributed by atoms with van der Waals surface area (Å²) in [7, 11) is 0.